The number of nitrogens with zero attached hydrogens (tertiary/aromatic N) is 3. The molecule has 0 amide bonds. The second kappa shape index (κ2) is 4.92. The highest BCUT2D eigenvalue weighted by Gasteiger charge is 2.09. The van der Waals surface area contributed by atoms with E-state index in [0.717, 1.165) is 18.5 Å². The van der Waals surface area contributed by atoms with E-state index < -0.39 is 0 Å². The van der Waals surface area contributed by atoms with Crippen molar-refractivity contribution in [3.8, 4) is 0 Å². The van der Waals surface area contributed by atoms with Crippen LogP contribution in [0.1, 0.15) is 33.5 Å². The standard InChI is InChI=1S/C15H21N3/c1-10-8-11(2)13(4)15(12(10)3)7-6-14-9-18(5)17-16-14/h8-9H,6-7H2,1-5H3. The van der Waals surface area contributed by atoms with Gasteiger partial charge in [0.05, 0.1) is 5.69 Å². The minimum atomic E-state index is 0.957. The van der Waals surface area contributed by atoms with Gasteiger partial charge in [-0.2, -0.15) is 0 Å². The number of hydrogen-bond acceptors (Lipinski definition) is 2. The van der Waals surface area contributed by atoms with Gasteiger partial charge in [0, 0.05) is 13.2 Å². The topological polar surface area (TPSA) is 30.7 Å². The van der Waals surface area contributed by atoms with Crippen LogP contribution in [0.2, 0.25) is 0 Å². The van der Waals surface area contributed by atoms with Crippen LogP contribution in [0.4, 0.5) is 0 Å². The summed E-state index contributed by atoms with van der Waals surface area (Å²) < 4.78 is 1.76. The van der Waals surface area contributed by atoms with Crippen LogP contribution in [0.3, 0.4) is 0 Å². The molecule has 0 atom stereocenters. The van der Waals surface area contributed by atoms with Gasteiger partial charge < -0.3 is 0 Å². The molecule has 3 nitrogen and oxygen atoms in total. The molecule has 0 bridgehead atoms. The summed E-state index contributed by atoms with van der Waals surface area (Å²) in [6.07, 6.45) is 3.99. The summed E-state index contributed by atoms with van der Waals surface area (Å²) in [4.78, 5) is 0. The molecular weight excluding hydrogens is 222 g/mol. The van der Waals surface area contributed by atoms with Crippen LogP contribution in [-0.2, 0) is 19.9 Å². The Balaban J connectivity index is 2.24. The van der Waals surface area contributed by atoms with Gasteiger partial charge in [-0.3, -0.25) is 4.68 Å². The molecular formula is C15H21N3. The van der Waals surface area contributed by atoms with Gasteiger partial charge in [0.15, 0.2) is 0 Å². The van der Waals surface area contributed by atoms with Gasteiger partial charge in [0.25, 0.3) is 0 Å². The fourth-order valence-electron chi connectivity index (χ4n) is 2.44. The van der Waals surface area contributed by atoms with Crippen LogP contribution >= 0.6 is 0 Å². The summed E-state index contributed by atoms with van der Waals surface area (Å²) in [5, 5.41) is 8.12. The molecule has 0 unspecified atom stereocenters. The van der Waals surface area contributed by atoms with Crippen molar-refractivity contribution in [3.63, 3.8) is 0 Å². The van der Waals surface area contributed by atoms with E-state index in [-0.39, 0.29) is 0 Å². The minimum Gasteiger partial charge on any atom is -0.255 e. The summed E-state index contributed by atoms with van der Waals surface area (Å²) in [6, 6.07) is 2.27. The Labute approximate surface area is 109 Å². The zero-order valence-corrected chi connectivity index (χ0v) is 11.9. The van der Waals surface area contributed by atoms with E-state index in [1.165, 1.54) is 27.8 Å². The van der Waals surface area contributed by atoms with Crippen LogP contribution in [0.25, 0.3) is 0 Å². The Morgan fingerprint density at radius 1 is 1.00 bits per heavy atom. The van der Waals surface area contributed by atoms with Crippen molar-refractivity contribution in [3.05, 3.63) is 45.8 Å². The lowest BCUT2D eigenvalue weighted by molar-refractivity contribution is 0.712. The van der Waals surface area contributed by atoms with E-state index in [1.807, 2.05) is 13.2 Å². The Morgan fingerprint density at radius 2 is 1.61 bits per heavy atom. The van der Waals surface area contributed by atoms with Gasteiger partial charge in [-0.05, 0) is 68.4 Å². The summed E-state index contributed by atoms with van der Waals surface area (Å²) >= 11 is 0. The van der Waals surface area contributed by atoms with E-state index in [9.17, 15) is 0 Å². The monoisotopic (exact) mass is 243 g/mol. The molecule has 1 aromatic carbocycles. The maximum Gasteiger partial charge on any atom is 0.0830 e. The predicted octanol–water partition coefficient (Wildman–Crippen LogP) is 2.83. The van der Waals surface area contributed by atoms with Crippen LogP contribution in [-0.4, -0.2) is 15.0 Å². The fourth-order valence-corrected chi connectivity index (χ4v) is 2.44. The van der Waals surface area contributed by atoms with Crippen LogP contribution < -0.4 is 0 Å². The first kappa shape index (κ1) is 12.8. The highest BCUT2D eigenvalue weighted by Crippen LogP contribution is 2.22. The highest BCUT2D eigenvalue weighted by atomic mass is 15.4. The van der Waals surface area contributed by atoms with E-state index in [4.69, 9.17) is 0 Å². The summed E-state index contributed by atoms with van der Waals surface area (Å²) in [6.45, 7) is 8.81. The zero-order valence-electron chi connectivity index (χ0n) is 11.9. The summed E-state index contributed by atoms with van der Waals surface area (Å²) in [5.74, 6) is 0. The third-order valence-corrected chi connectivity index (χ3v) is 3.80. The van der Waals surface area contributed by atoms with Crippen molar-refractivity contribution < 1.29 is 0 Å². The van der Waals surface area contributed by atoms with E-state index in [2.05, 4.69) is 44.1 Å². The van der Waals surface area contributed by atoms with Gasteiger partial charge >= 0.3 is 0 Å². The molecule has 0 saturated heterocycles. The van der Waals surface area contributed by atoms with Crippen molar-refractivity contribution in [2.45, 2.75) is 40.5 Å². The largest absolute Gasteiger partial charge is 0.255 e. The molecule has 0 saturated carbocycles. The lowest BCUT2D eigenvalue weighted by Gasteiger charge is -2.14. The first-order chi connectivity index (χ1) is 8.49. The normalized spacial score (nSPS) is 10.9. The molecule has 0 N–H and O–H groups in total. The van der Waals surface area contributed by atoms with Crippen molar-refractivity contribution in [1.82, 2.24) is 15.0 Å². The number of aromatic nitrogens is 3. The van der Waals surface area contributed by atoms with Gasteiger partial charge in [0.1, 0.15) is 0 Å². The number of hydrogen-bond donors (Lipinski definition) is 0. The molecule has 2 rings (SSSR count). The number of benzene rings is 1. The smallest absolute Gasteiger partial charge is 0.0830 e. The van der Waals surface area contributed by atoms with Crippen LogP contribution in [0.15, 0.2) is 12.3 Å². The van der Waals surface area contributed by atoms with Crippen molar-refractivity contribution in [1.29, 1.82) is 0 Å². The minimum absolute atomic E-state index is 0.957. The molecule has 0 aliphatic heterocycles. The average Bonchev–Trinajstić information content (AvgIpc) is 2.73. The maximum absolute atomic E-state index is 4.15. The van der Waals surface area contributed by atoms with Gasteiger partial charge in [-0.25, -0.2) is 0 Å². The van der Waals surface area contributed by atoms with Gasteiger partial charge in [-0.1, -0.05) is 11.3 Å². The third kappa shape index (κ3) is 2.45. The molecule has 2 aromatic rings. The molecule has 1 aromatic heterocycles. The predicted molar refractivity (Wildman–Crippen MR) is 73.8 cm³/mol. The Kier molecular flexibility index (Phi) is 3.50. The molecule has 0 aliphatic rings. The molecule has 3 heteroatoms. The molecule has 0 spiro atoms. The first-order valence-corrected chi connectivity index (χ1v) is 6.40. The van der Waals surface area contributed by atoms with Gasteiger partial charge in [0.2, 0.25) is 0 Å². The Bertz CT molecular complexity index is 541. The van der Waals surface area contributed by atoms with Gasteiger partial charge in [-0.15, -0.1) is 5.10 Å². The number of aryl methyl sites for hydroxylation is 4. The SMILES string of the molecule is Cc1cc(C)c(C)c(CCc2cn(C)nn2)c1C. The maximum atomic E-state index is 4.15. The molecule has 18 heavy (non-hydrogen) atoms. The van der Waals surface area contributed by atoms with Crippen molar-refractivity contribution in [2.24, 2.45) is 7.05 Å². The lowest BCUT2D eigenvalue weighted by atomic mass is 9.91. The summed E-state index contributed by atoms with van der Waals surface area (Å²) in [5.41, 5.74) is 8.14. The van der Waals surface area contributed by atoms with Crippen LogP contribution in [0.5, 0.6) is 0 Å². The number of rotatable bonds is 3. The van der Waals surface area contributed by atoms with Crippen molar-refractivity contribution in [2.75, 3.05) is 0 Å². The first-order valence-electron chi connectivity index (χ1n) is 6.40. The zero-order chi connectivity index (χ0) is 13.3. The van der Waals surface area contributed by atoms with E-state index >= 15 is 0 Å². The van der Waals surface area contributed by atoms with E-state index in [1.54, 1.807) is 4.68 Å². The summed E-state index contributed by atoms with van der Waals surface area (Å²) in [7, 11) is 1.91. The molecule has 1 heterocycles. The van der Waals surface area contributed by atoms with E-state index in [0.29, 0.717) is 0 Å². The highest BCUT2D eigenvalue weighted by molar-refractivity contribution is 5.44. The fraction of sp³-hybridized carbons (Fsp3) is 0.467. The van der Waals surface area contributed by atoms with Crippen LogP contribution in [0, 0.1) is 27.7 Å². The Hall–Kier alpha value is -1.64. The molecule has 0 aliphatic carbocycles. The van der Waals surface area contributed by atoms with Crippen molar-refractivity contribution >= 4 is 0 Å². The second-order valence-corrected chi connectivity index (χ2v) is 5.12. The quantitative estimate of drug-likeness (QED) is 0.830. The molecule has 0 fully saturated rings. The molecule has 0 radical (unpaired) electrons. The third-order valence-electron chi connectivity index (χ3n) is 3.80. The second-order valence-electron chi connectivity index (χ2n) is 5.12. The lowest BCUT2D eigenvalue weighted by Crippen LogP contribution is -2.01. The Morgan fingerprint density at radius 3 is 2.11 bits per heavy atom. The molecule has 96 valence electrons. The average molecular weight is 243 g/mol.